The van der Waals surface area contributed by atoms with Crippen LogP contribution < -0.4 is 0 Å². The number of Topliss-reactive ketones (excluding diaryl/α,β-unsaturated/α-hetero) is 1. The zero-order chi connectivity index (χ0) is 17.1. The summed E-state index contributed by atoms with van der Waals surface area (Å²) in [6.07, 6.45) is 9.05. The number of allylic oxidation sites excluding steroid dienone is 4. The fourth-order valence-electron chi connectivity index (χ4n) is 6.42. The highest BCUT2D eigenvalue weighted by Gasteiger charge is 2.54. The smallest absolute Gasteiger partial charge is 0.161 e. The summed E-state index contributed by atoms with van der Waals surface area (Å²) in [5, 5.41) is 9.52. The number of hydrogen-bond donors (Lipinski definition) is 1. The average molecular weight is 328 g/mol. The van der Waals surface area contributed by atoms with Gasteiger partial charge in [-0.1, -0.05) is 12.5 Å². The maximum absolute atomic E-state index is 12.1. The van der Waals surface area contributed by atoms with Crippen LogP contribution in [0.4, 0.5) is 0 Å². The van der Waals surface area contributed by atoms with Gasteiger partial charge < -0.3 is 5.11 Å². The van der Waals surface area contributed by atoms with Gasteiger partial charge in [-0.15, -0.1) is 0 Å². The van der Waals surface area contributed by atoms with Gasteiger partial charge in [0.2, 0.25) is 0 Å². The van der Waals surface area contributed by atoms with Gasteiger partial charge in [-0.2, -0.15) is 0 Å². The summed E-state index contributed by atoms with van der Waals surface area (Å²) < 4.78 is 0. The van der Waals surface area contributed by atoms with E-state index in [1.54, 1.807) is 12.5 Å². The standard InChI is InChI=1S/C21H28O3/c1-12(23)18-5-6-19-16-4-3-13-10-20(24)14(11-22)9-17(13)15(16)7-8-21(18,19)2/h10,14,16,18-19,22H,3-9,11H2,1-2H3/t14?,16-,18-,19+,21-/m1/s1. The van der Waals surface area contributed by atoms with Gasteiger partial charge in [-0.25, -0.2) is 0 Å². The highest BCUT2D eigenvalue weighted by atomic mass is 16.3. The highest BCUT2D eigenvalue weighted by molar-refractivity contribution is 5.95. The third kappa shape index (κ3) is 2.20. The molecule has 4 aliphatic carbocycles. The number of hydrogen-bond acceptors (Lipinski definition) is 3. The Morgan fingerprint density at radius 3 is 2.79 bits per heavy atom. The highest BCUT2D eigenvalue weighted by Crippen LogP contribution is 2.62. The Kier molecular flexibility index (Phi) is 3.83. The Hall–Kier alpha value is -1.22. The van der Waals surface area contributed by atoms with Crippen molar-refractivity contribution in [1.29, 1.82) is 0 Å². The number of aliphatic hydroxyl groups is 1. The molecule has 1 N–H and O–H groups in total. The van der Waals surface area contributed by atoms with Gasteiger partial charge in [-0.3, -0.25) is 9.59 Å². The molecule has 5 atom stereocenters. The molecule has 24 heavy (non-hydrogen) atoms. The fourth-order valence-corrected chi connectivity index (χ4v) is 6.42. The van der Waals surface area contributed by atoms with Crippen molar-refractivity contribution in [3.8, 4) is 0 Å². The first-order valence-corrected chi connectivity index (χ1v) is 9.53. The van der Waals surface area contributed by atoms with E-state index in [2.05, 4.69) is 6.92 Å². The minimum absolute atomic E-state index is 0.0440. The molecular weight excluding hydrogens is 300 g/mol. The van der Waals surface area contributed by atoms with Crippen molar-refractivity contribution in [1.82, 2.24) is 0 Å². The van der Waals surface area contributed by atoms with Crippen molar-refractivity contribution < 1.29 is 14.7 Å². The predicted molar refractivity (Wildman–Crippen MR) is 92.3 cm³/mol. The minimum atomic E-state index is -0.239. The van der Waals surface area contributed by atoms with Crippen molar-refractivity contribution in [2.75, 3.05) is 6.61 Å². The van der Waals surface area contributed by atoms with Crippen molar-refractivity contribution >= 4 is 11.6 Å². The molecule has 4 aliphatic rings. The van der Waals surface area contributed by atoms with E-state index in [4.69, 9.17) is 0 Å². The van der Waals surface area contributed by atoms with Crippen LogP contribution in [0.25, 0.3) is 0 Å². The lowest BCUT2D eigenvalue weighted by atomic mass is 9.55. The summed E-state index contributed by atoms with van der Waals surface area (Å²) in [4.78, 5) is 24.2. The molecule has 0 saturated heterocycles. The molecule has 0 aromatic heterocycles. The molecule has 1 unspecified atom stereocenters. The van der Waals surface area contributed by atoms with Gasteiger partial charge in [0, 0.05) is 11.8 Å². The van der Waals surface area contributed by atoms with E-state index in [0.29, 0.717) is 17.6 Å². The van der Waals surface area contributed by atoms with Gasteiger partial charge in [0.25, 0.3) is 0 Å². The second-order valence-electron chi connectivity index (χ2n) is 8.66. The summed E-state index contributed by atoms with van der Waals surface area (Å²) >= 11 is 0. The predicted octanol–water partition coefficient (Wildman–Crippen LogP) is 3.62. The van der Waals surface area contributed by atoms with Crippen LogP contribution >= 0.6 is 0 Å². The second-order valence-corrected chi connectivity index (χ2v) is 8.66. The number of rotatable bonds is 2. The van der Waals surface area contributed by atoms with Crippen LogP contribution in [0.5, 0.6) is 0 Å². The molecule has 0 amide bonds. The van der Waals surface area contributed by atoms with Crippen molar-refractivity contribution in [2.45, 2.75) is 58.8 Å². The molecule has 4 rings (SSSR count). The van der Waals surface area contributed by atoms with E-state index >= 15 is 0 Å². The van der Waals surface area contributed by atoms with Crippen LogP contribution in [0.1, 0.15) is 58.8 Å². The Morgan fingerprint density at radius 1 is 1.29 bits per heavy atom. The van der Waals surface area contributed by atoms with Crippen LogP contribution in [0.2, 0.25) is 0 Å². The van der Waals surface area contributed by atoms with E-state index in [-0.39, 0.29) is 29.6 Å². The van der Waals surface area contributed by atoms with Crippen molar-refractivity contribution in [3.05, 3.63) is 22.8 Å². The van der Waals surface area contributed by atoms with Crippen LogP contribution in [-0.4, -0.2) is 23.3 Å². The number of fused-ring (bicyclic) bond motifs is 4. The van der Waals surface area contributed by atoms with Gasteiger partial charge in [-0.05, 0) is 86.3 Å². The minimum Gasteiger partial charge on any atom is -0.396 e. The second kappa shape index (κ2) is 5.66. The van der Waals surface area contributed by atoms with Gasteiger partial charge >= 0.3 is 0 Å². The summed E-state index contributed by atoms with van der Waals surface area (Å²) in [7, 11) is 0. The number of carbonyl (C=O) groups is 2. The zero-order valence-corrected chi connectivity index (χ0v) is 14.8. The molecule has 0 spiro atoms. The first-order chi connectivity index (χ1) is 11.5. The first kappa shape index (κ1) is 16.3. The van der Waals surface area contributed by atoms with Crippen LogP contribution in [0, 0.1) is 29.1 Å². The van der Waals surface area contributed by atoms with E-state index < -0.39 is 0 Å². The molecule has 0 aromatic rings. The number of ketones is 2. The molecule has 2 fully saturated rings. The molecule has 130 valence electrons. The zero-order valence-electron chi connectivity index (χ0n) is 14.8. The SMILES string of the molecule is CC(=O)[C@H]1CC[C@H]2[C@@H]3CCC4=CC(=O)C(CO)CC4=C3CC[C@]12C. The van der Waals surface area contributed by atoms with Gasteiger partial charge in [0.05, 0.1) is 6.61 Å². The molecule has 0 aliphatic heterocycles. The summed E-state index contributed by atoms with van der Waals surface area (Å²) in [5.74, 6) is 1.69. The largest absolute Gasteiger partial charge is 0.396 e. The molecule has 0 bridgehead atoms. The van der Waals surface area contributed by atoms with E-state index in [0.717, 1.165) is 38.5 Å². The summed E-state index contributed by atoms with van der Waals surface area (Å²) in [5.41, 5.74) is 4.35. The topological polar surface area (TPSA) is 54.4 Å². The van der Waals surface area contributed by atoms with Crippen LogP contribution in [0.3, 0.4) is 0 Å². The number of carbonyl (C=O) groups excluding carboxylic acids is 2. The molecule has 3 nitrogen and oxygen atoms in total. The lowest BCUT2D eigenvalue weighted by Crippen LogP contribution is -2.42. The monoisotopic (exact) mass is 328 g/mol. The maximum Gasteiger partial charge on any atom is 0.161 e. The third-order valence-corrected chi connectivity index (χ3v) is 7.66. The average Bonchev–Trinajstić information content (AvgIpc) is 2.91. The summed E-state index contributed by atoms with van der Waals surface area (Å²) in [6.45, 7) is 4.08. The molecule has 0 aromatic carbocycles. The Morgan fingerprint density at radius 2 is 2.08 bits per heavy atom. The van der Waals surface area contributed by atoms with Crippen LogP contribution in [0.15, 0.2) is 22.8 Å². The van der Waals surface area contributed by atoms with E-state index in [9.17, 15) is 14.7 Å². The quantitative estimate of drug-likeness (QED) is 0.842. The van der Waals surface area contributed by atoms with Crippen molar-refractivity contribution in [3.63, 3.8) is 0 Å². The molecule has 0 heterocycles. The Balaban J connectivity index is 1.71. The molecular formula is C21H28O3. The van der Waals surface area contributed by atoms with Gasteiger partial charge in [0.15, 0.2) is 5.78 Å². The van der Waals surface area contributed by atoms with Crippen molar-refractivity contribution in [2.24, 2.45) is 29.1 Å². The normalized spacial score (nSPS) is 41.5. The summed E-state index contributed by atoms with van der Waals surface area (Å²) in [6, 6.07) is 0. The first-order valence-electron chi connectivity index (χ1n) is 9.53. The Bertz CT molecular complexity index is 656. The van der Waals surface area contributed by atoms with E-state index in [1.165, 1.54) is 17.6 Å². The third-order valence-electron chi connectivity index (χ3n) is 7.66. The van der Waals surface area contributed by atoms with E-state index in [1.807, 2.05) is 6.08 Å². The number of aliphatic hydroxyl groups excluding tert-OH is 1. The maximum atomic E-state index is 12.1. The van der Waals surface area contributed by atoms with Crippen LogP contribution in [-0.2, 0) is 9.59 Å². The molecule has 2 saturated carbocycles. The fraction of sp³-hybridized carbons (Fsp3) is 0.714. The van der Waals surface area contributed by atoms with Gasteiger partial charge in [0.1, 0.15) is 5.78 Å². The lowest BCUT2D eigenvalue weighted by molar-refractivity contribution is -0.125. The lowest BCUT2D eigenvalue weighted by Gasteiger charge is -2.49. The Labute approximate surface area is 144 Å². The molecule has 0 radical (unpaired) electrons. The molecule has 3 heteroatoms.